The lowest BCUT2D eigenvalue weighted by atomic mass is 10.2. The highest BCUT2D eigenvalue weighted by Gasteiger charge is 2.21. The van der Waals surface area contributed by atoms with Crippen LogP contribution in [0.25, 0.3) is 0 Å². The van der Waals surface area contributed by atoms with Crippen LogP contribution < -0.4 is 14.8 Å². The molecule has 1 N–H and O–H groups in total. The molecule has 1 aromatic rings. The molecule has 0 aromatic heterocycles. The Balaban J connectivity index is 3.27. The van der Waals surface area contributed by atoms with Crippen molar-refractivity contribution in [2.45, 2.75) is 13.8 Å². The lowest BCUT2D eigenvalue weighted by Crippen LogP contribution is -2.18. The molecule has 0 heterocycles. The zero-order chi connectivity index (χ0) is 14.6. The summed E-state index contributed by atoms with van der Waals surface area (Å²) in [5.74, 6) is -0.0491. The lowest BCUT2D eigenvalue weighted by Gasteiger charge is -2.12. The molecule has 1 rings (SSSR count). The highest BCUT2D eigenvalue weighted by atomic mass is 16.6. The van der Waals surface area contributed by atoms with E-state index in [0.717, 1.165) is 0 Å². The van der Waals surface area contributed by atoms with E-state index < -0.39 is 4.92 Å². The summed E-state index contributed by atoms with van der Waals surface area (Å²) >= 11 is 0. The predicted molar refractivity (Wildman–Crippen MR) is 69.7 cm³/mol. The van der Waals surface area contributed by atoms with Gasteiger partial charge in [0.1, 0.15) is 5.69 Å². The fourth-order valence-electron chi connectivity index (χ4n) is 1.40. The van der Waals surface area contributed by atoms with Crippen LogP contribution in [0.5, 0.6) is 11.5 Å². The van der Waals surface area contributed by atoms with Crippen LogP contribution in [0.4, 0.5) is 11.4 Å². The summed E-state index contributed by atoms with van der Waals surface area (Å²) in [4.78, 5) is 22.0. The normalized spacial score (nSPS) is 10.2. The number of carbonyl (C=O) groups excluding carboxylic acids is 1. The summed E-state index contributed by atoms with van der Waals surface area (Å²) < 4.78 is 10.0. The molecule has 0 atom stereocenters. The Morgan fingerprint density at radius 3 is 2.21 bits per heavy atom. The molecule has 1 amide bonds. The summed E-state index contributed by atoms with van der Waals surface area (Å²) in [5.41, 5.74) is -0.159. The van der Waals surface area contributed by atoms with Crippen molar-refractivity contribution < 1.29 is 19.2 Å². The van der Waals surface area contributed by atoms with Gasteiger partial charge in [0.15, 0.2) is 11.5 Å². The van der Waals surface area contributed by atoms with Crippen LogP contribution >= 0.6 is 0 Å². The molecule has 0 aliphatic heterocycles. The first-order valence-electron chi connectivity index (χ1n) is 5.62. The molecule has 104 valence electrons. The SMILES string of the molecule is COc1cc(NC(=O)C(C)C)c([N+](=O)[O-])cc1OC. The number of hydrogen-bond donors (Lipinski definition) is 1. The van der Waals surface area contributed by atoms with Gasteiger partial charge in [-0.15, -0.1) is 0 Å². The molecule has 0 radical (unpaired) electrons. The van der Waals surface area contributed by atoms with Crippen molar-refractivity contribution in [2.75, 3.05) is 19.5 Å². The van der Waals surface area contributed by atoms with Crippen LogP contribution in [-0.2, 0) is 4.79 Å². The minimum absolute atomic E-state index is 0.0846. The molecule has 0 saturated heterocycles. The van der Waals surface area contributed by atoms with E-state index in [4.69, 9.17) is 9.47 Å². The predicted octanol–water partition coefficient (Wildman–Crippen LogP) is 2.21. The van der Waals surface area contributed by atoms with E-state index in [9.17, 15) is 14.9 Å². The van der Waals surface area contributed by atoms with Gasteiger partial charge in [0.05, 0.1) is 25.2 Å². The van der Waals surface area contributed by atoms with Crippen LogP contribution in [0.3, 0.4) is 0 Å². The highest BCUT2D eigenvalue weighted by molar-refractivity contribution is 5.94. The van der Waals surface area contributed by atoms with E-state index in [1.54, 1.807) is 13.8 Å². The molecule has 0 fully saturated rings. The van der Waals surface area contributed by atoms with Gasteiger partial charge in [0.25, 0.3) is 5.69 Å². The molecule has 0 aliphatic carbocycles. The summed E-state index contributed by atoms with van der Waals surface area (Å²) in [6, 6.07) is 2.59. The van der Waals surface area contributed by atoms with Gasteiger partial charge in [-0.1, -0.05) is 13.8 Å². The van der Waals surface area contributed by atoms with Gasteiger partial charge >= 0.3 is 0 Å². The second kappa shape index (κ2) is 6.03. The first-order valence-corrected chi connectivity index (χ1v) is 5.62. The number of nitro benzene ring substituents is 1. The van der Waals surface area contributed by atoms with Gasteiger partial charge in [0.2, 0.25) is 5.91 Å². The maximum Gasteiger partial charge on any atom is 0.296 e. The zero-order valence-electron chi connectivity index (χ0n) is 11.2. The number of benzene rings is 1. The minimum Gasteiger partial charge on any atom is -0.493 e. The third-order valence-corrected chi connectivity index (χ3v) is 2.48. The van der Waals surface area contributed by atoms with E-state index >= 15 is 0 Å². The fourth-order valence-corrected chi connectivity index (χ4v) is 1.40. The molecule has 1 aromatic carbocycles. The largest absolute Gasteiger partial charge is 0.493 e. The van der Waals surface area contributed by atoms with E-state index in [2.05, 4.69) is 5.32 Å². The average Bonchev–Trinajstić information content (AvgIpc) is 2.37. The number of ether oxygens (including phenoxy) is 2. The number of anilines is 1. The van der Waals surface area contributed by atoms with E-state index in [-0.39, 0.29) is 28.9 Å². The number of methoxy groups -OCH3 is 2. The monoisotopic (exact) mass is 268 g/mol. The van der Waals surface area contributed by atoms with Gasteiger partial charge in [-0.2, -0.15) is 0 Å². The number of nitrogens with one attached hydrogen (secondary N) is 1. The van der Waals surface area contributed by atoms with Crippen molar-refractivity contribution in [1.29, 1.82) is 0 Å². The van der Waals surface area contributed by atoms with Gasteiger partial charge < -0.3 is 14.8 Å². The minimum atomic E-state index is -0.585. The van der Waals surface area contributed by atoms with Crippen molar-refractivity contribution in [1.82, 2.24) is 0 Å². The molecule has 0 aliphatic rings. The standard InChI is InChI=1S/C12H16N2O5/c1-7(2)12(15)13-8-5-10(18-3)11(19-4)6-9(8)14(16)17/h5-7H,1-4H3,(H,13,15). The van der Waals surface area contributed by atoms with Crippen LogP contribution in [0.1, 0.15) is 13.8 Å². The first kappa shape index (κ1) is 14.7. The molecule has 0 saturated carbocycles. The van der Waals surface area contributed by atoms with Crippen LogP contribution in [0.2, 0.25) is 0 Å². The van der Waals surface area contributed by atoms with Gasteiger partial charge in [0, 0.05) is 12.0 Å². The summed E-state index contributed by atoms with van der Waals surface area (Å²) in [5, 5.41) is 13.5. The van der Waals surface area contributed by atoms with E-state index in [1.807, 2.05) is 0 Å². The summed E-state index contributed by atoms with van der Waals surface area (Å²) in [6.45, 7) is 3.39. The topological polar surface area (TPSA) is 90.7 Å². The maximum absolute atomic E-state index is 11.6. The summed E-state index contributed by atoms with van der Waals surface area (Å²) in [7, 11) is 2.80. The Morgan fingerprint density at radius 1 is 1.26 bits per heavy atom. The second-order valence-corrected chi connectivity index (χ2v) is 4.13. The number of rotatable bonds is 5. The van der Waals surface area contributed by atoms with Crippen molar-refractivity contribution in [3.63, 3.8) is 0 Å². The molecule has 19 heavy (non-hydrogen) atoms. The van der Waals surface area contributed by atoms with Crippen molar-refractivity contribution in [3.05, 3.63) is 22.2 Å². The maximum atomic E-state index is 11.6. The fraction of sp³-hybridized carbons (Fsp3) is 0.417. The molecule has 0 unspecified atom stereocenters. The number of nitro groups is 1. The molecular weight excluding hydrogens is 252 g/mol. The first-order chi connectivity index (χ1) is 8.90. The van der Waals surface area contributed by atoms with Crippen LogP contribution in [0.15, 0.2) is 12.1 Å². The third kappa shape index (κ3) is 3.34. The number of nitrogens with zero attached hydrogens (tertiary/aromatic N) is 1. The highest BCUT2D eigenvalue weighted by Crippen LogP contribution is 2.37. The molecule has 7 heteroatoms. The zero-order valence-corrected chi connectivity index (χ0v) is 11.2. The Hall–Kier alpha value is -2.31. The number of amides is 1. The Labute approximate surface area is 110 Å². The number of carbonyl (C=O) groups is 1. The second-order valence-electron chi connectivity index (χ2n) is 4.13. The summed E-state index contributed by atoms with van der Waals surface area (Å²) in [6.07, 6.45) is 0. The smallest absolute Gasteiger partial charge is 0.296 e. The molecule has 0 bridgehead atoms. The molecule has 7 nitrogen and oxygen atoms in total. The Morgan fingerprint density at radius 2 is 1.79 bits per heavy atom. The Bertz CT molecular complexity index is 499. The van der Waals surface area contributed by atoms with Crippen molar-refractivity contribution in [3.8, 4) is 11.5 Å². The molecule has 0 spiro atoms. The lowest BCUT2D eigenvalue weighted by molar-refractivity contribution is -0.384. The molecular formula is C12H16N2O5. The van der Waals surface area contributed by atoms with Crippen LogP contribution in [0, 0.1) is 16.0 Å². The quantitative estimate of drug-likeness (QED) is 0.653. The third-order valence-electron chi connectivity index (χ3n) is 2.48. The van der Waals surface area contributed by atoms with Crippen molar-refractivity contribution >= 4 is 17.3 Å². The van der Waals surface area contributed by atoms with Gasteiger partial charge in [-0.3, -0.25) is 14.9 Å². The Kier molecular flexibility index (Phi) is 4.68. The average molecular weight is 268 g/mol. The van der Waals surface area contributed by atoms with E-state index in [1.165, 1.54) is 26.4 Å². The van der Waals surface area contributed by atoms with E-state index in [0.29, 0.717) is 5.75 Å². The van der Waals surface area contributed by atoms with Crippen LogP contribution in [-0.4, -0.2) is 25.1 Å². The van der Waals surface area contributed by atoms with Gasteiger partial charge in [-0.25, -0.2) is 0 Å². The van der Waals surface area contributed by atoms with Crippen molar-refractivity contribution in [2.24, 2.45) is 5.92 Å². The number of hydrogen-bond acceptors (Lipinski definition) is 5. The van der Waals surface area contributed by atoms with Gasteiger partial charge in [-0.05, 0) is 0 Å².